The van der Waals surface area contributed by atoms with Crippen LogP contribution in [0.1, 0.15) is 6.42 Å². The number of benzene rings is 1. The van der Waals surface area contributed by atoms with Gasteiger partial charge in [-0.1, -0.05) is 23.2 Å². The quantitative estimate of drug-likeness (QED) is 0.894. The summed E-state index contributed by atoms with van der Waals surface area (Å²) in [7, 11) is 0. The highest BCUT2D eigenvalue weighted by atomic mass is 35.5. The van der Waals surface area contributed by atoms with Crippen LogP contribution in [0, 0.1) is 5.92 Å². The first-order valence-electron chi connectivity index (χ1n) is 6.16. The number of carboxylic acids is 1. The molecular weight excluding hydrogens is 303 g/mol. The summed E-state index contributed by atoms with van der Waals surface area (Å²) in [6.45, 7) is 1.17. The number of amides is 1. The van der Waals surface area contributed by atoms with Gasteiger partial charge in [0.1, 0.15) is 0 Å². The lowest BCUT2D eigenvalue weighted by Gasteiger charge is -2.15. The number of hydrogen-bond donors (Lipinski definition) is 2. The van der Waals surface area contributed by atoms with Crippen LogP contribution < -0.4 is 5.32 Å². The number of nitrogens with one attached hydrogen (secondary N) is 1. The highest BCUT2D eigenvalue weighted by Crippen LogP contribution is 2.25. The average molecular weight is 317 g/mol. The van der Waals surface area contributed by atoms with Crippen LogP contribution in [-0.2, 0) is 9.59 Å². The Morgan fingerprint density at radius 1 is 1.40 bits per heavy atom. The first-order valence-corrected chi connectivity index (χ1v) is 6.91. The number of carboxylic acid groups (broad SMARTS) is 1. The van der Waals surface area contributed by atoms with Crippen LogP contribution in [-0.4, -0.2) is 41.5 Å². The molecule has 1 unspecified atom stereocenters. The molecule has 1 fully saturated rings. The van der Waals surface area contributed by atoms with Gasteiger partial charge in [0.25, 0.3) is 0 Å². The molecule has 1 aromatic carbocycles. The van der Waals surface area contributed by atoms with Crippen LogP contribution in [0.5, 0.6) is 0 Å². The van der Waals surface area contributed by atoms with Crippen LogP contribution in [0.15, 0.2) is 18.2 Å². The van der Waals surface area contributed by atoms with E-state index in [1.54, 1.807) is 18.2 Å². The third-order valence-corrected chi connectivity index (χ3v) is 3.74. The number of rotatable bonds is 4. The molecule has 1 heterocycles. The number of carbonyl (C=O) groups excluding carboxylic acids is 1. The van der Waals surface area contributed by atoms with Gasteiger partial charge in [0.2, 0.25) is 5.91 Å². The molecule has 5 nitrogen and oxygen atoms in total. The lowest BCUT2D eigenvalue weighted by atomic mass is 10.1. The second-order valence-corrected chi connectivity index (χ2v) is 5.57. The van der Waals surface area contributed by atoms with Crippen LogP contribution in [0.4, 0.5) is 5.69 Å². The Kier molecular flexibility index (Phi) is 4.86. The fourth-order valence-electron chi connectivity index (χ4n) is 2.16. The minimum atomic E-state index is -0.811. The van der Waals surface area contributed by atoms with Gasteiger partial charge in [-0.3, -0.25) is 14.5 Å². The lowest BCUT2D eigenvalue weighted by Crippen LogP contribution is -2.32. The largest absolute Gasteiger partial charge is 0.481 e. The molecule has 1 amide bonds. The monoisotopic (exact) mass is 316 g/mol. The summed E-state index contributed by atoms with van der Waals surface area (Å²) >= 11 is 11.7. The first kappa shape index (κ1) is 15.1. The van der Waals surface area contributed by atoms with Crippen molar-refractivity contribution in [3.8, 4) is 0 Å². The van der Waals surface area contributed by atoms with Gasteiger partial charge < -0.3 is 10.4 Å². The predicted molar refractivity (Wildman–Crippen MR) is 77.3 cm³/mol. The summed E-state index contributed by atoms with van der Waals surface area (Å²) in [6.07, 6.45) is 0.574. The van der Waals surface area contributed by atoms with E-state index in [2.05, 4.69) is 5.32 Å². The number of likely N-dealkylation sites (tertiary alicyclic amines) is 1. The maximum absolute atomic E-state index is 11.9. The van der Waals surface area contributed by atoms with Crippen LogP contribution in [0.3, 0.4) is 0 Å². The topological polar surface area (TPSA) is 69.6 Å². The van der Waals surface area contributed by atoms with Crippen molar-refractivity contribution >= 4 is 40.8 Å². The molecule has 0 aliphatic carbocycles. The summed E-state index contributed by atoms with van der Waals surface area (Å²) in [5, 5.41) is 12.5. The molecule has 2 rings (SSSR count). The number of halogens is 2. The Morgan fingerprint density at radius 3 is 2.75 bits per heavy atom. The fraction of sp³-hybridized carbons (Fsp3) is 0.385. The summed E-state index contributed by atoms with van der Waals surface area (Å²) in [5.74, 6) is -1.42. The van der Waals surface area contributed by atoms with E-state index in [1.165, 1.54) is 0 Å². The van der Waals surface area contributed by atoms with Crippen molar-refractivity contribution in [3.63, 3.8) is 0 Å². The maximum Gasteiger partial charge on any atom is 0.307 e. The number of anilines is 1. The summed E-state index contributed by atoms with van der Waals surface area (Å²) in [5.41, 5.74) is 0.495. The molecule has 2 N–H and O–H groups in total. The molecule has 7 heteroatoms. The van der Waals surface area contributed by atoms with Gasteiger partial charge in [0.05, 0.1) is 23.2 Å². The maximum atomic E-state index is 11.9. The van der Waals surface area contributed by atoms with Crippen molar-refractivity contribution in [2.24, 2.45) is 5.92 Å². The number of carbonyl (C=O) groups is 2. The van der Waals surface area contributed by atoms with E-state index >= 15 is 0 Å². The molecule has 0 radical (unpaired) electrons. The molecule has 20 heavy (non-hydrogen) atoms. The third-order valence-electron chi connectivity index (χ3n) is 3.19. The zero-order valence-electron chi connectivity index (χ0n) is 10.6. The molecule has 1 aliphatic heterocycles. The lowest BCUT2D eigenvalue weighted by molar-refractivity contribution is -0.141. The predicted octanol–water partition coefficient (Wildman–Crippen LogP) is 2.34. The molecule has 0 saturated carbocycles. The average Bonchev–Trinajstić information content (AvgIpc) is 2.81. The zero-order chi connectivity index (χ0) is 14.7. The van der Waals surface area contributed by atoms with Crippen molar-refractivity contribution < 1.29 is 14.7 Å². The highest BCUT2D eigenvalue weighted by Gasteiger charge is 2.28. The van der Waals surface area contributed by atoms with Gasteiger partial charge in [-0.15, -0.1) is 0 Å². The van der Waals surface area contributed by atoms with Gasteiger partial charge in [0, 0.05) is 11.6 Å². The Bertz CT molecular complexity index is 536. The normalized spacial score (nSPS) is 19.0. The summed E-state index contributed by atoms with van der Waals surface area (Å²) in [4.78, 5) is 24.6. The van der Waals surface area contributed by atoms with Crippen molar-refractivity contribution in [2.75, 3.05) is 25.0 Å². The Hall–Kier alpha value is -1.30. The Labute approximate surface area is 126 Å². The van der Waals surface area contributed by atoms with Crippen LogP contribution in [0.25, 0.3) is 0 Å². The third kappa shape index (κ3) is 3.85. The Balaban J connectivity index is 1.88. The first-order chi connectivity index (χ1) is 9.45. The standard InChI is InChI=1S/C13H14Cl2N2O3/c14-9-1-2-11(10(15)5-9)16-12(18)7-17-4-3-8(6-17)13(19)20/h1-2,5,8H,3-4,6-7H2,(H,16,18)(H,19,20). The van der Waals surface area contributed by atoms with Crippen molar-refractivity contribution in [1.29, 1.82) is 0 Å². The van der Waals surface area contributed by atoms with E-state index in [0.29, 0.717) is 35.2 Å². The molecule has 1 atom stereocenters. The van der Waals surface area contributed by atoms with Gasteiger partial charge >= 0.3 is 5.97 Å². The smallest absolute Gasteiger partial charge is 0.307 e. The van der Waals surface area contributed by atoms with Crippen molar-refractivity contribution in [3.05, 3.63) is 28.2 Å². The number of nitrogens with zero attached hydrogens (tertiary/aromatic N) is 1. The summed E-state index contributed by atoms with van der Waals surface area (Å²) < 4.78 is 0. The zero-order valence-corrected chi connectivity index (χ0v) is 12.1. The molecule has 1 aliphatic rings. The van der Waals surface area contributed by atoms with Gasteiger partial charge in [0.15, 0.2) is 0 Å². The molecule has 0 aromatic heterocycles. The second-order valence-electron chi connectivity index (χ2n) is 4.73. The van der Waals surface area contributed by atoms with Gasteiger partial charge in [-0.2, -0.15) is 0 Å². The molecular formula is C13H14Cl2N2O3. The second kappa shape index (κ2) is 6.43. The summed E-state index contributed by atoms with van der Waals surface area (Å²) in [6, 6.07) is 4.82. The van der Waals surface area contributed by atoms with E-state index < -0.39 is 5.97 Å². The van der Waals surface area contributed by atoms with Gasteiger partial charge in [-0.25, -0.2) is 0 Å². The minimum absolute atomic E-state index is 0.155. The fourth-order valence-corrected chi connectivity index (χ4v) is 2.62. The number of hydrogen-bond acceptors (Lipinski definition) is 3. The van der Waals surface area contributed by atoms with Crippen molar-refractivity contribution in [1.82, 2.24) is 4.90 Å². The highest BCUT2D eigenvalue weighted by molar-refractivity contribution is 6.36. The molecule has 1 aromatic rings. The number of aliphatic carboxylic acids is 1. The van der Waals surface area contributed by atoms with E-state index in [-0.39, 0.29) is 18.4 Å². The minimum Gasteiger partial charge on any atom is -0.481 e. The SMILES string of the molecule is O=C(CN1CCC(C(=O)O)C1)Nc1ccc(Cl)cc1Cl. The van der Waals surface area contributed by atoms with Crippen LogP contribution >= 0.6 is 23.2 Å². The van der Waals surface area contributed by atoms with Crippen molar-refractivity contribution in [2.45, 2.75) is 6.42 Å². The molecule has 1 saturated heterocycles. The Morgan fingerprint density at radius 2 is 2.15 bits per heavy atom. The molecule has 0 spiro atoms. The van der Waals surface area contributed by atoms with E-state index in [9.17, 15) is 9.59 Å². The van der Waals surface area contributed by atoms with Gasteiger partial charge in [-0.05, 0) is 31.2 Å². The van der Waals surface area contributed by atoms with Crippen LogP contribution in [0.2, 0.25) is 10.0 Å². The van der Waals surface area contributed by atoms with E-state index in [0.717, 1.165) is 0 Å². The van der Waals surface area contributed by atoms with E-state index in [4.69, 9.17) is 28.3 Å². The molecule has 108 valence electrons. The van der Waals surface area contributed by atoms with E-state index in [1.807, 2.05) is 4.90 Å². The molecule has 0 bridgehead atoms.